The summed E-state index contributed by atoms with van der Waals surface area (Å²) in [7, 11) is 0. The molecule has 0 aliphatic carbocycles. The third-order valence-electron chi connectivity index (χ3n) is 2.65. The maximum atomic E-state index is 5.84. The van der Waals surface area contributed by atoms with Crippen LogP contribution in [0.15, 0.2) is 66.3 Å². The number of benzene rings is 2. The largest absolute Gasteiger partial charge is 0.457 e. The van der Waals surface area contributed by atoms with Crippen molar-refractivity contribution < 1.29 is 4.74 Å². The van der Waals surface area contributed by atoms with E-state index < -0.39 is 0 Å². The summed E-state index contributed by atoms with van der Waals surface area (Å²) in [5, 5.41) is 12.2. The Labute approximate surface area is 126 Å². The molecule has 0 radical (unpaired) electrons. The van der Waals surface area contributed by atoms with E-state index in [0.29, 0.717) is 5.02 Å². The van der Waals surface area contributed by atoms with Crippen LogP contribution < -0.4 is 4.74 Å². The van der Waals surface area contributed by atoms with E-state index in [-0.39, 0.29) is 0 Å². The molecule has 0 N–H and O–H groups in total. The predicted molar refractivity (Wildman–Crippen MR) is 81.0 cm³/mol. The van der Waals surface area contributed by atoms with Gasteiger partial charge in [0, 0.05) is 5.02 Å². The summed E-state index contributed by atoms with van der Waals surface area (Å²) < 4.78 is 7.28. The average molecular weight is 299 g/mol. The Kier molecular flexibility index (Phi) is 3.93. The second-order valence-corrected chi connectivity index (χ2v) is 4.65. The molecule has 0 bridgehead atoms. The minimum absolute atomic E-state index is 0.678. The molecule has 21 heavy (non-hydrogen) atoms. The molecule has 104 valence electrons. The van der Waals surface area contributed by atoms with E-state index >= 15 is 0 Å². The second kappa shape index (κ2) is 6.19. The number of rotatable bonds is 4. The minimum Gasteiger partial charge on any atom is -0.457 e. The highest BCUT2D eigenvalue weighted by atomic mass is 35.5. The van der Waals surface area contributed by atoms with Gasteiger partial charge >= 0.3 is 0 Å². The molecule has 0 aliphatic heterocycles. The fourth-order valence-electron chi connectivity index (χ4n) is 1.69. The van der Waals surface area contributed by atoms with Crippen LogP contribution in [0.4, 0.5) is 0 Å². The third kappa shape index (κ3) is 3.67. The van der Waals surface area contributed by atoms with Gasteiger partial charge in [-0.15, -0.1) is 10.2 Å². The van der Waals surface area contributed by atoms with E-state index in [0.717, 1.165) is 17.1 Å². The van der Waals surface area contributed by atoms with Gasteiger partial charge in [0.2, 0.25) is 0 Å². The van der Waals surface area contributed by atoms with Gasteiger partial charge in [-0.1, -0.05) is 23.7 Å². The van der Waals surface area contributed by atoms with Crippen LogP contribution in [0.3, 0.4) is 0 Å². The SMILES string of the molecule is Clc1ccc(Oc2cccc(C=Nn3cnnc3)c2)cc1. The molecular formula is C15H11ClN4O. The molecule has 3 rings (SSSR count). The number of aromatic nitrogens is 3. The number of halogens is 1. The zero-order valence-electron chi connectivity index (χ0n) is 10.9. The van der Waals surface area contributed by atoms with Gasteiger partial charge in [-0.2, -0.15) is 5.10 Å². The monoisotopic (exact) mass is 298 g/mol. The molecule has 2 aromatic carbocycles. The van der Waals surface area contributed by atoms with Crippen molar-refractivity contribution in [1.82, 2.24) is 14.9 Å². The molecule has 0 amide bonds. The van der Waals surface area contributed by atoms with Crippen molar-refractivity contribution in [3.8, 4) is 11.5 Å². The maximum absolute atomic E-state index is 5.84. The van der Waals surface area contributed by atoms with Crippen LogP contribution in [0.2, 0.25) is 5.02 Å². The first kappa shape index (κ1) is 13.3. The number of hydrogen-bond donors (Lipinski definition) is 0. The van der Waals surface area contributed by atoms with Crippen molar-refractivity contribution in [2.24, 2.45) is 5.10 Å². The molecule has 0 saturated heterocycles. The lowest BCUT2D eigenvalue weighted by atomic mass is 10.2. The van der Waals surface area contributed by atoms with Crippen molar-refractivity contribution in [2.45, 2.75) is 0 Å². The highest BCUT2D eigenvalue weighted by Crippen LogP contribution is 2.23. The standard InChI is InChI=1S/C15H11ClN4O/c16-13-4-6-14(7-5-13)21-15-3-1-2-12(8-15)9-19-20-10-17-18-11-20/h1-11H. The zero-order chi connectivity index (χ0) is 14.5. The summed E-state index contributed by atoms with van der Waals surface area (Å²) in [5.74, 6) is 1.46. The molecule has 0 aliphatic rings. The molecule has 0 atom stereocenters. The van der Waals surface area contributed by atoms with E-state index in [9.17, 15) is 0 Å². The molecule has 0 unspecified atom stereocenters. The molecular weight excluding hydrogens is 288 g/mol. The molecule has 5 nitrogen and oxygen atoms in total. The van der Waals surface area contributed by atoms with E-state index in [1.165, 1.54) is 17.3 Å². The fraction of sp³-hybridized carbons (Fsp3) is 0. The molecule has 0 saturated carbocycles. The normalized spacial score (nSPS) is 10.9. The van der Waals surface area contributed by atoms with Crippen LogP contribution in [0, 0.1) is 0 Å². The van der Waals surface area contributed by atoms with Crippen molar-refractivity contribution in [2.75, 3.05) is 0 Å². The number of ether oxygens (including phenoxy) is 1. The van der Waals surface area contributed by atoms with Gasteiger partial charge in [0.25, 0.3) is 0 Å². The zero-order valence-corrected chi connectivity index (χ0v) is 11.7. The Morgan fingerprint density at radius 1 is 1.00 bits per heavy atom. The molecule has 0 fully saturated rings. The van der Waals surface area contributed by atoms with E-state index in [2.05, 4.69) is 15.3 Å². The van der Waals surface area contributed by atoms with Crippen molar-refractivity contribution in [3.63, 3.8) is 0 Å². The first-order valence-corrected chi connectivity index (χ1v) is 6.60. The summed E-state index contributed by atoms with van der Waals surface area (Å²) >= 11 is 5.84. The summed E-state index contributed by atoms with van der Waals surface area (Å²) in [6.07, 6.45) is 4.74. The lowest BCUT2D eigenvalue weighted by Gasteiger charge is -2.06. The lowest BCUT2D eigenvalue weighted by molar-refractivity contribution is 0.482. The summed E-state index contributed by atoms with van der Waals surface area (Å²) in [6.45, 7) is 0. The van der Waals surface area contributed by atoms with Gasteiger partial charge in [-0.25, -0.2) is 4.68 Å². The van der Waals surface area contributed by atoms with Crippen LogP contribution in [-0.4, -0.2) is 21.1 Å². The van der Waals surface area contributed by atoms with E-state index in [1.54, 1.807) is 18.3 Å². The minimum atomic E-state index is 0.678. The highest BCUT2D eigenvalue weighted by molar-refractivity contribution is 6.30. The number of nitrogens with zero attached hydrogens (tertiary/aromatic N) is 4. The molecule has 6 heteroatoms. The molecule has 3 aromatic rings. The Balaban J connectivity index is 1.75. The van der Waals surface area contributed by atoms with Crippen LogP contribution in [0.5, 0.6) is 11.5 Å². The van der Waals surface area contributed by atoms with Crippen LogP contribution in [-0.2, 0) is 0 Å². The summed E-state index contributed by atoms with van der Waals surface area (Å²) in [5.41, 5.74) is 0.912. The van der Waals surface area contributed by atoms with Crippen molar-refractivity contribution in [3.05, 3.63) is 71.8 Å². The van der Waals surface area contributed by atoms with Gasteiger partial charge in [-0.3, -0.25) is 0 Å². The topological polar surface area (TPSA) is 52.3 Å². The highest BCUT2D eigenvalue weighted by Gasteiger charge is 1.98. The van der Waals surface area contributed by atoms with Crippen molar-refractivity contribution in [1.29, 1.82) is 0 Å². The van der Waals surface area contributed by atoms with Gasteiger partial charge < -0.3 is 4.74 Å². The van der Waals surface area contributed by atoms with Crippen molar-refractivity contribution >= 4 is 17.8 Å². The molecule has 1 heterocycles. The fourth-order valence-corrected chi connectivity index (χ4v) is 1.81. The Morgan fingerprint density at radius 3 is 2.52 bits per heavy atom. The first-order valence-electron chi connectivity index (χ1n) is 6.22. The van der Waals surface area contributed by atoms with E-state index in [1.807, 2.05) is 36.4 Å². The smallest absolute Gasteiger partial charge is 0.141 e. The van der Waals surface area contributed by atoms with Crippen LogP contribution in [0.25, 0.3) is 0 Å². The molecule has 0 spiro atoms. The number of hydrogen-bond acceptors (Lipinski definition) is 4. The van der Waals surface area contributed by atoms with Crippen LogP contribution in [0.1, 0.15) is 5.56 Å². The Bertz CT molecular complexity index is 739. The average Bonchev–Trinajstić information content (AvgIpc) is 3.01. The quantitative estimate of drug-likeness (QED) is 0.691. The summed E-state index contributed by atoms with van der Waals surface area (Å²) in [6, 6.07) is 14.8. The third-order valence-corrected chi connectivity index (χ3v) is 2.91. The predicted octanol–water partition coefficient (Wildman–Crippen LogP) is 3.61. The van der Waals surface area contributed by atoms with Gasteiger partial charge in [0.15, 0.2) is 0 Å². The Morgan fingerprint density at radius 2 is 1.76 bits per heavy atom. The van der Waals surface area contributed by atoms with Crippen LogP contribution >= 0.6 is 11.6 Å². The lowest BCUT2D eigenvalue weighted by Crippen LogP contribution is -1.89. The molecule has 1 aromatic heterocycles. The van der Waals surface area contributed by atoms with E-state index in [4.69, 9.17) is 16.3 Å². The van der Waals surface area contributed by atoms with Gasteiger partial charge in [0.05, 0.1) is 6.21 Å². The second-order valence-electron chi connectivity index (χ2n) is 4.21. The van der Waals surface area contributed by atoms with Gasteiger partial charge in [-0.05, 0) is 42.0 Å². The first-order chi connectivity index (χ1) is 10.3. The maximum Gasteiger partial charge on any atom is 0.141 e. The Hall–Kier alpha value is -2.66. The summed E-state index contributed by atoms with van der Waals surface area (Å²) in [4.78, 5) is 0. The van der Waals surface area contributed by atoms with Gasteiger partial charge in [0.1, 0.15) is 24.2 Å².